The van der Waals surface area contributed by atoms with Crippen molar-refractivity contribution in [2.75, 3.05) is 36.5 Å². The molecule has 2 amide bonds. The number of anilines is 2. The van der Waals surface area contributed by atoms with Crippen LogP contribution in [0.4, 0.5) is 15.6 Å². The Kier molecular flexibility index (Phi) is 6.94. The van der Waals surface area contributed by atoms with Crippen molar-refractivity contribution >= 4 is 34.2 Å². The maximum Gasteiger partial charge on any atom is 0.408 e. The van der Waals surface area contributed by atoms with E-state index in [0.29, 0.717) is 5.13 Å². The molecular weight excluding hydrogens is 404 g/mol. The zero-order valence-corrected chi connectivity index (χ0v) is 18.5. The number of nitrogens with one attached hydrogen (secondary N) is 2. The number of hydrogen-bond acceptors (Lipinski definition) is 7. The van der Waals surface area contributed by atoms with Gasteiger partial charge in [-0.25, -0.2) is 9.78 Å². The predicted octanol–water partition coefficient (Wildman–Crippen LogP) is 3.50. The Morgan fingerprint density at radius 3 is 2.90 bits per heavy atom. The fourth-order valence-corrected chi connectivity index (χ4v) is 3.74. The third kappa shape index (κ3) is 6.43. The van der Waals surface area contributed by atoms with Gasteiger partial charge in [0, 0.05) is 29.7 Å². The van der Waals surface area contributed by atoms with Crippen LogP contribution in [0.3, 0.4) is 0 Å². The summed E-state index contributed by atoms with van der Waals surface area (Å²) in [7, 11) is 0. The molecule has 0 unspecified atom stereocenters. The summed E-state index contributed by atoms with van der Waals surface area (Å²) in [6.45, 7) is 9.60. The van der Waals surface area contributed by atoms with E-state index in [1.165, 1.54) is 11.3 Å². The summed E-state index contributed by atoms with van der Waals surface area (Å²) in [4.78, 5) is 30.5. The fourth-order valence-electron chi connectivity index (χ4n) is 3.01. The maximum atomic E-state index is 12.1. The van der Waals surface area contributed by atoms with E-state index in [-0.39, 0.29) is 18.6 Å². The summed E-state index contributed by atoms with van der Waals surface area (Å²) in [5, 5.41) is 7.52. The molecule has 0 bridgehead atoms. The van der Waals surface area contributed by atoms with Crippen LogP contribution in [-0.4, -0.2) is 54.9 Å². The molecule has 3 rings (SSSR count). The zero-order valence-electron chi connectivity index (χ0n) is 17.7. The number of alkyl carbamates (subject to hydrolysis) is 1. The first kappa shape index (κ1) is 22.0. The number of rotatable bonds is 5. The molecule has 1 aromatic carbocycles. The molecule has 2 N–H and O–H groups in total. The molecule has 2 heterocycles. The van der Waals surface area contributed by atoms with Gasteiger partial charge in [-0.15, -0.1) is 11.3 Å². The lowest BCUT2D eigenvalue weighted by Gasteiger charge is -2.33. The minimum atomic E-state index is -0.633. The molecule has 1 aliphatic rings. The maximum absolute atomic E-state index is 12.1. The van der Waals surface area contributed by atoms with Crippen LogP contribution < -0.4 is 15.5 Å². The van der Waals surface area contributed by atoms with Gasteiger partial charge in [0.15, 0.2) is 5.13 Å². The third-order valence-corrected chi connectivity index (χ3v) is 5.05. The van der Waals surface area contributed by atoms with Crippen LogP contribution >= 0.6 is 11.3 Å². The summed E-state index contributed by atoms with van der Waals surface area (Å²) in [5.74, 6) is -0.363. The highest BCUT2D eigenvalue weighted by atomic mass is 32.1. The minimum Gasteiger partial charge on any atom is -0.444 e. The molecule has 0 saturated carbocycles. The zero-order chi connectivity index (χ0) is 21.7. The van der Waals surface area contributed by atoms with E-state index < -0.39 is 11.7 Å². The van der Waals surface area contributed by atoms with Crippen molar-refractivity contribution in [3.63, 3.8) is 0 Å². The van der Waals surface area contributed by atoms with Gasteiger partial charge in [0.25, 0.3) is 0 Å². The Balaban J connectivity index is 1.58. The number of aromatic nitrogens is 1. The van der Waals surface area contributed by atoms with Crippen molar-refractivity contribution in [2.45, 2.75) is 39.4 Å². The van der Waals surface area contributed by atoms with Crippen LogP contribution in [0.15, 0.2) is 29.6 Å². The first-order chi connectivity index (χ1) is 14.2. The summed E-state index contributed by atoms with van der Waals surface area (Å²) >= 11 is 1.34. The monoisotopic (exact) mass is 432 g/mol. The topological polar surface area (TPSA) is 92.8 Å². The molecular formula is C21H28N4O4S. The molecule has 0 aliphatic carbocycles. The number of carbonyl (C=O) groups excluding carboxylic acids is 2. The van der Waals surface area contributed by atoms with Gasteiger partial charge < -0.3 is 25.0 Å². The number of hydrogen-bond donors (Lipinski definition) is 2. The number of morpholine rings is 1. The molecule has 1 saturated heterocycles. The summed E-state index contributed by atoms with van der Waals surface area (Å²) in [5.41, 5.74) is 2.29. The van der Waals surface area contributed by atoms with Crippen LogP contribution in [0.2, 0.25) is 0 Å². The lowest BCUT2D eigenvalue weighted by Crippen LogP contribution is -2.41. The number of thiazole rings is 1. The van der Waals surface area contributed by atoms with Crippen molar-refractivity contribution in [3.05, 3.63) is 29.6 Å². The predicted molar refractivity (Wildman–Crippen MR) is 118 cm³/mol. The standard InChI is InChI=1S/C21H28N4O4S/c1-14-12-25(8-9-28-14)16-7-5-6-15(10-16)17-13-30-19(23-17)24-18(26)11-22-20(27)29-21(2,3)4/h5-7,10,13-14H,8-9,11-12H2,1-4H3,(H,22,27)(H,23,24,26)/t14-/m0/s1. The van der Waals surface area contributed by atoms with Crippen molar-refractivity contribution in [1.29, 1.82) is 0 Å². The second-order valence-corrected chi connectivity index (χ2v) is 8.98. The summed E-state index contributed by atoms with van der Waals surface area (Å²) < 4.78 is 10.7. The summed E-state index contributed by atoms with van der Waals surface area (Å²) in [6.07, 6.45) is -0.426. The second kappa shape index (κ2) is 9.44. The fraction of sp³-hybridized carbons (Fsp3) is 0.476. The molecule has 1 aromatic heterocycles. The van der Waals surface area contributed by atoms with Gasteiger partial charge in [-0.3, -0.25) is 4.79 Å². The smallest absolute Gasteiger partial charge is 0.408 e. The molecule has 0 spiro atoms. The minimum absolute atomic E-state index is 0.186. The molecule has 1 aliphatic heterocycles. The Morgan fingerprint density at radius 2 is 2.17 bits per heavy atom. The van der Waals surface area contributed by atoms with Crippen LogP contribution in [0.1, 0.15) is 27.7 Å². The first-order valence-electron chi connectivity index (χ1n) is 9.89. The van der Waals surface area contributed by atoms with E-state index in [1.807, 2.05) is 17.5 Å². The lowest BCUT2D eigenvalue weighted by atomic mass is 10.1. The van der Waals surface area contributed by atoms with Crippen LogP contribution in [-0.2, 0) is 14.3 Å². The van der Waals surface area contributed by atoms with E-state index in [2.05, 4.69) is 39.6 Å². The van der Waals surface area contributed by atoms with Gasteiger partial charge in [0.1, 0.15) is 12.1 Å². The van der Waals surface area contributed by atoms with Crippen molar-refractivity contribution in [3.8, 4) is 11.3 Å². The number of amides is 2. The largest absolute Gasteiger partial charge is 0.444 e. The van der Waals surface area contributed by atoms with Crippen LogP contribution in [0, 0.1) is 0 Å². The van der Waals surface area contributed by atoms with Gasteiger partial charge >= 0.3 is 6.09 Å². The number of benzene rings is 1. The number of ether oxygens (including phenoxy) is 2. The van der Waals surface area contributed by atoms with Gasteiger partial charge in [-0.2, -0.15) is 0 Å². The highest BCUT2D eigenvalue weighted by molar-refractivity contribution is 7.14. The molecule has 8 nitrogen and oxygen atoms in total. The molecule has 0 radical (unpaired) electrons. The molecule has 162 valence electrons. The molecule has 9 heteroatoms. The van der Waals surface area contributed by atoms with Crippen molar-refractivity contribution in [2.24, 2.45) is 0 Å². The third-order valence-electron chi connectivity index (χ3n) is 4.29. The lowest BCUT2D eigenvalue weighted by molar-refractivity contribution is -0.115. The Bertz CT molecular complexity index is 893. The second-order valence-electron chi connectivity index (χ2n) is 8.12. The summed E-state index contributed by atoms with van der Waals surface area (Å²) in [6, 6.07) is 8.19. The Labute approximate surface area is 180 Å². The average Bonchev–Trinajstić information content (AvgIpc) is 3.14. The molecule has 2 aromatic rings. The first-order valence-corrected chi connectivity index (χ1v) is 10.8. The highest BCUT2D eigenvalue weighted by Gasteiger charge is 2.19. The van der Waals surface area contributed by atoms with Gasteiger partial charge in [-0.1, -0.05) is 12.1 Å². The van der Waals surface area contributed by atoms with Gasteiger partial charge in [0.2, 0.25) is 5.91 Å². The molecule has 1 fully saturated rings. The highest BCUT2D eigenvalue weighted by Crippen LogP contribution is 2.28. The van der Waals surface area contributed by atoms with Crippen LogP contribution in [0.25, 0.3) is 11.3 Å². The normalized spacial score (nSPS) is 16.8. The van der Waals surface area contributed by atoms with E-state index in [4.69, 9.17) is 9.47 Å². The van der Waals surface area contributed by atoms with E-state index in [0.717, 1.165) is 36.6 Å². The Hall–Kier alpha value is -2.65. The van der Waals surface area contributed by atoms with E-state index >= 15 is 0 Å². The SMILES string of the molecule is C[C@H]1CN(c2cccc(-c3csc(NC(=O)CNC(=O)OC(C)(C)C)n3)c2)CCO1. The average molecular weight is 433 g/mol. The van der Waals surface area contributed by atoms with E-state index in [9.17, 15) is 9.59 Å². The molecule has 30 heavy (non-hydrogen) atoms. The van der Waals surface area contributed by atoms with E-state index in [1.54, 1.807) is 20.8 Å². The van der Waals surface area contributed by atoms with Gasteiger partial charge in [0.05, 0.1) is 18.4 Å². The van der Waals surface area contributed by atoms with Gasteiger partial charge in [-0.05, 0) is 39.8 Å². The van der Waals surface area contributed by atoms with Crippen molar-refractivity contribution < 1.29 is 19.1 Å². The van der Waals surface area contributed by atoms with Crippen LogP contribution in [0.5, 0.6) is 0 Å². The number of nitrogens with zero attached hydrogens (tertiary/aromatic N) is 2. The Morgan fingerprint density at radius 1 is 1.37 bits per heavy atom. The quantitative estimate of drug-likeness (QED) is 0.751. The molecule has 1 atom stereocenters. The van der Waals surface area contributed by atoms with Crippen molar-refractivity contribution in [1.82, 2.24) is 10.3 Å². The number of carbonyl (C=O) groups is 2.